The minimum Gasteiger partial charge on any atom is -0.352 e. The molecule has 1 aliphatic heterocycles. The Balaban J connectivity index is 0.00000242. The lowest BCUT2D eigenvalue weighted by atomic mass is 9.94. The Morgan fingerprint density at radius 3 is 2.36 bits per heavy atom. The molecule has 1 heterocycles. The van der Waals surface area contributed by atoms with Crippen LogP contribution >= 0.6 is 12.4 Å². The van der Waals surface area contributed by atoms with Gasteiger partial charge >= 0.3 is 0 Å². The van der Waals surface area contributed by atoms with E-state index < -0.39 is 9.84 Å². The van der Waals surface area contributed by atoms with Gasteiger partial charge in [0.05, 0.1) is 4.90 Å². The van der Waals surface area contributed by atoms with Crippen LogP contribution in [0.25, 0.3) is 0 Å². The van der Waals surface area contributed by atoms with E-state index in [2.05, 4.69) is 10.6 Å². The van der Waals surface area contributed by atoms with Crippen LogP contribution in [0.4, 0.5) is 0 Å². The van der Waals surface area contributed by atoms with Crippen molar-refractivity contribution in [2.24, 2.45) is 5.92 Å². The Kier molecular flexibility index (Phi) is 7.32. The van der Waals surface area contributed by atoms with E-state index in [1.54, 1.807) is 24.3 Å². The van der Waals surface area contributed by atoms with Gasteiger partial charge in [-0.3, -0.25) is 4.79 Å². The molecule has 2 N–H and O–H groups in total. The van der Waals surface area contributed by atoms with Crippen molar-refractivity contribution >= 4 is 28.2 Å². The van der Waals surface area contributed by atoms with Gasteiger partial charge in [-0.1, -0.05) is 12.1 Å². The number of piperidine rings is 1. The van der Waals surface area contributed by atoms with Crippen LogP contribution < -0.4 is 10.6 Å². The van der Waals surface area contributed by atoms with Crippen LogP contribution in [0.3, 0.4) is 0 Å². The average molecular weight is 347 g/mol. The molecule has 0 atom stereocenters. The number of hydrogen-bond donors (Lipinski definition) is 2. The molecule has 2 rings (SSSR count). The molecule has 1 aromatic rings. The highest BCUT2D eigenvalue weighted by molar-refractivity contribution is 7.90. The van der Waals surface area contributed by atoms with Crippen LogP contribution in [0.1, 0.15) is 24.8 Å². The number of carbonyl (C=O) groups is 1. The summed E-state index contributed by atoms with van der Waals surface area (Å²) in [6, 6.07) is 6.62. The maximum atomic E-state index is 11.9. The van der Waals surface area contributed by atoms with Gasteiger partial charge in [0.1, 0.15) is 0 Å². The third kappa shape index (κ3) is 5.94. The second-order valence-electron chi connectivity index (χ2n) is 5.59. The largest absolute Gasteiger partial charge is 0.352 e. The molecule has 0 radical (unpaired) electrons. The van der Waals surface area contributed by atoms with Crippen LogP contribution in [-0.4, -0.2) is 33.7 Å². The molecule has 124 valence electrons. The topological polar surface area (TPSA) is 75.3 Å². The van der Waals surface area contributed by atoms with Crippen LogP contribution in [0.15, 0.2) is 29.2 Å². The smallest absolute Gasteiger partial charge is 0.220 e. The molecule has 1 aromatic carbocycles. The maximum Gasteiger partial charge on any atom is 0.220 e. The van der Waals surface area contributed by atoms with Gasteiger partial charge in [0.2, 0.25) is 5.91 Å². The molecular weight excluding hydrogens is 324 g/mol. The van der Waals surface area contributed by atoms with Crippen molar-refractivity contribution in [2.45, 2.75) is 30.7 Å². The predicted octanol–water partition coefficient (Wildman–Crippen LogP) is 1.52. The van der Waals surface area contributed by atoms with Crippen LogP contribution in [0.2, 0.25) is 0 Å². The Morgan fingerprint density at radius 1 is 1.23 bits per heavy atom. The summed E-state index contributed by atoms with van der Waals surface area (Å²) in [5.74, 6) is 0.535. The molecule has 22 heavy (non-hydrogen) atoms. The molecular formula is C15H23ClN2O3S. The fourth-order valence-corrected chi connectivity index (χ4v) is 3.11. The molecule has 7 heteroatoms. The second kappa shape index (κ2) is 8.50. The Labute approximate surface area is 138 Å². The molecule has 0 unspecified atom stereocenters. The van der Waals surface area contributed by atoms with E-state index in [9.17, 15) is 13.2 Å². The molecule has 0 spiro atoms. The van der Waals surface area contributed by atoms with Crippen molar-refractivity contribution in [1.82, 2.24) is 10.6 Å². The van der Waals surface area contributed by atoms with Gasteiger partial charge in [0.15, 0.2) is 9.84 Å². The third-order valence-corrected chi connectivity index (χ3v) is 4.90. The maximum absolute atomic E-state index is 11.9. The zero-order valence-corrected chi connectivity index (χ0v) is 14.3. The third-order valence-electron chi connectivity index (χ3n) is 3.77. The van der Waals surface area contributed by atoms with Crippen LogP contribution in [-0.2, 0) is 21.2 Å². The molecule has 0 bridgehead atoms. The van der Waals surface area contributed by atoms with E-state index in [-0.39, 0.29) is 18.3 Å². The van der Waals surface area contributed by atoms with Crippen molar-refractivity contribution in [3.63, 3.8) is 0 Å². The van der Waals surface area contributed by atoms with Crippen molar-refractivity contribution in [1.29, 1.82) is 0 Å². The summed E-state index contributed by atoms with van der Waals surface area (Å²) in [7, 11) is -3.16. The number of carbonyl (C=O) groups excluding carboxylic acids is 1. The average Bonchev–Trinajstić information content (AvgIpc) is 2.46. The summed E-state index contributed by atoms with van der Waals surface area (Å²) >= 11 is 0. The minimum absolute atomic E-state index is 0. The Hall–Kier alpha value is -1.11. The number of hydrogen-bond acceptors (Lipinski definition) is 4. The van der Waals surface area contributed by atoms with Gasteiger partial charge < -0.3 is 10.6 Å². The standard InChI is InChI=1S/C15H22N2O3S.ClH/c1-21(19,20)14-4-2-13(3-5-14)11-17-15(18)10-12-6-8-16-9-7-12;/h2-5,12,16H,6-11H2,1H3,(H,17,18);1H. The Morgan fingerprint density at radius 2 is 1.82 bits per heavy atom. The number of amides is 1. The number of nitrogens with one attached hydrogen (secondary N) is 2. The van der Waals surface area contributed by atoms with Crippen molar-refractivity contribution < 1.29 is 13.2 Å². The van der Waals surface area contributed by atoms with Crippen molar-refractivity contribution in [2.75, 3.05) is 19.3 Å². The first-order valence-electron chi connectivity index (χ1n) is 7.21. The first kappa shape index (κ1) is 18.9. The second-order valence-corrected chi connectivity index (χ2v) is 7.61. The zero-order valence-electron chi connectivity index (χ0n) is 12.7. The fraction of sp³-hybridized carbons (Fsp3) is 0.533. The summed E-state index contributed by atoms with van der Waals surface area (Å²) in [4.78, 5) is 12.2. The molecule has 1 amide bonds. The predicted molar refractivity (Wildman–Crippen MR) is 88.9 cm³/mol. The highest BCUT2D eigenvalue weighted by atomic mass is 35.5. The molecule has 0 saturated carbocycles. The summed E-state index contributed by atoms with van der Waals surface area (Å²) < 4.78 is 22.7. The van der Waals surface area contributed by atoms with E-state index in [4.69, 9.17) is 0 Å². The number of sulfone groups is 1. The normalized spacial score (nSPS) is 15.9. The number of rotatable bonds is 5. The molecule has 0 aliphatic carbocycles. The van der Waals surface area contributed by atoms with E-state index >= 15 is 0 Å². The van der Waals surface area contributed by atoms with Gasteiger partial charge in [-0.15, -0.1) is 12.4 Å². The Bertz CT molecular complexity index is 581. The quantitative estimate of drug-likeness (QED) is 0.847. The molecule has 1 saturated heterocycles. The number of halogens is 1. The van der Waals surface area contributed by atoms with Gasteiger partial charge in [-0.2, -0.15) is 0 Å². The molecule has 1 fully saturated rings. The van der Waals surface area contributed by atoms with E-state index in [1.807, 2.05) is 0 Å². The highest BCUT2D eigenvalue weighted by Gasteiger charge is 2.16. The van der Waals surface area contributed by atoms with Gasteiger partial charge in [-0.25, -0.2) is 8.42 Å². The van der Waals surface area contributed by atoms with Gasteiger partial charge in [0, 0.05) is 19.2 Å². The van der Waals surface area contributed by atoms with E-state index in [0.29, 0.717) is 23.8 Å². The SMILES string of the molecule is CS(=O)(=O)c1ccc(CNC(=O)CC2CCNCC2)cc1.Cl. The van der Waals surface area contributed by atoms with Gasteiger partial charge in [-0.05, 0) is 49.5 Å². The monoisotopic (exact) mass is 346 g/mol. The summed E-state index contributed by atoms with van der Waals surface area (Å²) in [6.07, 6.45) is 3.86. The molecule has 1 aliphatic rings. The van der Waals surface area contributed by atoms with Gasteiger partial charge in [0.25, 0.3) is 0 Å². The first-order chi connectivity index (χ1) is 9.95. The van der Waals surface area contributed by atoms with Crippen molar-refractivity contribution in [3.8, 4) is 0 Å². The summed E-state index contributed by atoms with van der Waals surface area (Å²) in [5, 5.41) is 6.18. The lowest BCUT2D eigenvalue weighted by Crippen LogP contribution is -2.32. The fourth-order valence-electron chi connectivity index (χ4n) is 2.48. The highest BCUT2D eigenvalue weighted by Crippen LogP contribution is 2.15. The lowest BCUT2D eigenvalue weighted by molar-refractivity contribution is -0.122. The zero-order chi connectivity index (χ0) is 15.3. The van der Waals surface area contributed by atoms with Crippen LogP contribution in [0.5, 0.6) is 0 Å². The summed E-state index contributed by atoms with van der Waals surface area (Å²) in [6.45, 7) is 2.42. The van der Waals surface area contributed by atoms with Crippen LogP contribution in [0, 0.1) is 5.92 Å². The summed E-state index contributed by atoms with van der Waals surface area (Å²) in [5.41, 5.74) is 0.904. The minimum atomic E-state index is -3.16. The first-order valence-corrected chi connectivity index (χ1v) is 9.11. The lowest BCUT2D eigenvalue weighted by Gasteiger charge is -2.21. The molecule has 5 nitrogen and oxygen atoms in total. The van der Waals surface area contributed by atoms with Crippen molar-refractivity contribution in [3.05, 3.63) is 29.8 Å². The molecule has 0 aromatic heterocycles. The van der Waals surface area contributed by atoms with E-state index in [1.165, 1.54) is 6.26 Å². The van der Waals surface area contributed by atoms with E-state index in [0.717, 1.165) is 31.5 Å². The number of benzene rings is 1.